The molecule has 0 aromatic heterocycles. The van der Waals surface area contributed by atoms with Gasteiger partial charge in [-0.25, -0.2) is 0 Å². The number of ether oxygens (including phenoxy) is 1. The molecule has 4 nitrogen and oxygen atoms in total. The topological polar surface area (TPSA) is 64.4 Å². The highest BCUT2D eigenvalue weighted by molar-refractivity contribution is 6.30. The molecule has 22 heavy (non-hydrogen) atoms. The molecule has 1 saturated heterocycles. The number of hydrogen-bond acceptors (Lipinski definition) is 3. The van der Waals surface area contributed by atoms with Crippen LogP contribution in [-0.4, -0.2) is 32.2 Å². The van der Waals surface area contributed by atoms with Crippen LogP contribution in [0.15, 0.2) is 24.3 Å². The third-order valence-electron chi connectivity index (χ3n) is 4.64. The molecule has 0 unspecified atom stereocenters. The van der Waals surface area contributed by atoms with Crippen LogP contribution in [0.5, 0.6) is 0 Å². The van der Waals surface area contributed by atoms with E-state index in [-0.39, 0.29) is 11.3 Å². The highest BCUT2D eigenvalue weighted by atomic mass is 35.5. The number of carbonyl (C=O) groups is 1. The van der Waals surface area contributed by atoms with Gasteiger partial charge in [0, 0.05) is 36.7 Å². The van der Waals surface area contributed by atoms with Gasteiger partial charge in [0.05, 0.1) is 5.41 Å². The Morgan fingerprint density at radius 3 is 2.45 bits per heavy atom. The molecule has 0 spiro atoms. The highest BCUT2D eigenvalue weighted by Crippen LogP contribution is 2.30. The molecule has 1 heterocycles. The van der Waals surface area contributed by atoms with Crippen molar-refractivity contribution in [1.29, 1.82) is 0 Å². The normalized spacial score (nSPS) is 18.0. The summed E-state index contributed by atoms with van der Waals surface area (Å²) in [5.74, 6) is 0.0420. The summed E-state index contributed by atoms with van der Waals surface area (Å²) in [5, 5.41) is 3.81. The van der Waals surface area contributed by atoms with Gasteiger partial charge in [-0.15, -0.1) is 0 Å². The van der Waals surface area contributed by atoms with Gasteiger partial charge in [0.25, 0.3) is 0 Å². The number of nitrogens with two attached hydrogens (primary N) is 1. The van der Waals surface area contributed by atoms with Crippen molar-refractivity contribution in [2.75, 3.05) is 26.3 Å². The molecule has 0 bridgehead atoms. The van der Waals surface area contributed by atoms with E-state index in [0.29, 0.717) is 44.2 Å². The third-order valence-corrected chi connectivity index (χ3v) is 4.89. The first-order valence-corrected chi connectivity index (χ1v) is 8.10. The number of nitrogens with one attached hydrogen (secondary N) is 1. The minimum atomic E-state index is -0.478. The summed E-state index contributed by atoms with van der Waals surface area (Å²) in [4.78, 5) is 12.6. The van der Waals surface area contributed by atoms with Gasteiger partial charge in [0.2, 0.25) is 5.91 Å². The van der Waals surface area contributed by atoms with E-state index in [1.54, 1.807) is 0 Å². The fourth-order valence-electron chi connectivity index (χ4n) is 2.78. The molecule has 1 fully saturated rings. The van der Waals surface area contributed by atoms with Gasteiger partial charge in [0.15, 0.2) is 0 Å². The Morgan fingerprint density at radius 2 is 1.91 bits per heavy atom. The second-order valence-corrected chi connectivity index (χ2v) is 7.11. The molecule has 1 aliphatic heterocycles. The van der Waals surface area contributed by atoms with Crippen molar-refractivity contribution in [2.24, 2.45) is 11.1 Å². The SMILES string of the molecule is CC(C)(CNC(=O)C1(CN)CCOCC1)c1ccc(Cl)cc1. The Kier molecular flexibility index (Phi) is 5.48. The van der Waals surface area contributed by atoms with Crippen LogP contribution in [0.4, 0.5) is 0 Å². The van der Waals surface area contributed by atoms with E-state index in [4.69, 9.17) is 22.1 Å². The van der Waals surface area contributed by atoms with Crippen molar-refractivity contribution in [3.05, 3.63) is 34.9 Å². The summed E-state index contributed by atoms with van der Waals surface area (Å²) in [6.07, 6.45) is 1.38. The summed E-state index contributed by atoms with van der Waals surface area (Å²) in [6, 6.07) is 7.75. The Morgan fingerprint density at radius 1 is 1.32 bits per heavy atom. The van der Waals surface area contributed by atoms with Crippen molar-refractivity contribution < 1.29 is 9.53 Å². The molecule has 0 radical (unpaired) electrons. The summed E-state index contributed by atoms with van der Waals surface area (Å²) in [5.41, 5.74) is 6.38. The predicted octanol–water partition coefficient (Wildman–Crippen LogP) is 2.49. The van der Waals surface area contributed by atoms with Crippen molar-refractivity contribution in [1.82, 2.24) is 5.32 Å². The standard InChI is InChI=1S/C17H25ClN2O2/c1-16(2,13-3-5-14(18)6-4-13)12-20-15(21)17(11-19)7-9-22-10-8-17/h3-6H,7-12,19H2,1-2H3,(H,20,21). The van der Waals surface area contributed by atoms with E-state index in [1.807, 2.05) is 24.3 Å². The zero-order chi connectivity index (χ0) is 16.2. The Bertz CT molecular complexity index is 508. The van der Waals surface area contributed by atoms with Gasteiger partial charge >= 0.3 is 0 Å². The van der Waals surface area contributed by atoms with Crippen molar-refractivity contribution in [2.45, 2.75) is 32.1 Å². The maximum absolute atomic E-state index is 12.6. The molecule has 2 rings (SSSR count). The Hall–Kier alpha value is -1.10. The number of amides is 1. The molecule has 0 atom stereocenters. The molecule has 1 amide bonds. The van der Waals surface area contributed by atoms with E-state index in [9.17, 15) is 4.79 Å². The fraction of sp³-hybridized carbons (Fsp3) is 0.588. The molecule has 1 aliphatic rings. The highest BCUT2D eigenvalue weighted by Gasteiger charge is 2.39. The lowest BCUT2D eigenvalue weighted by Gasteiger charge is -2.36. The van der Waals surface area contributed by atoms with Gasteiger partial charge in [-0.05, 0) is 30.5 Å². The zero-order valence-electron chi connectivity index (χ0n) is 13.3. The van der Waals surface area contributed by atoms with Crippen molar-refractivity contribution in [3.8, 4) is 0 Å². The molecule has 1 aromatic rings. The minimum Gasteiger partial charge on any atom is -0.381 e. The molecule has 122 valence electrons. The van der Waals surface area contributed by atoms with Crippen LogP contribution < -0.4 is 11.1 Å². The van der Waals surface area contributed by atoms with Crippen LogP contribution in [0.3, 0.4) is 0 Å². The molecule has 3 N–H and O–H groups in total. The van der Waals surface area contributed by atoms with Crippen LogP contribution in [0.1, 0.15) is 32.3 Å². The van der Waals surface area contributed by atoms with Crippen molar-refractivity contribution in [3.63, 3.8) is 0 Å². The lowest BCUT2D eigenvalue weighted by molar-refractivity contribution is -0.136. The van der Waals surface area contributed by atoms with Gasteiger partial charge < -0.3 is 15.8 Å². The average Bonchev–Trinajstić information content (AvgIpc) is 2.53. The second-order valence-electron chi connectivity index (χ2n) is 6.67. The Balaban J connectivity index is 2.01. The average molecular weight is 325 g/mol. The maximum Gasteiger partial charge on any atom is 0.227 e. The van der Waals surface area contributed by atoms with Gasteiger partial charge in [-0.1, -0.05) is 37.6 Å². The van der Waals surface area contributed by atoms with Crippen LogP contribution in [0.2, 0.25) is 5.02 Å². The van der Waals surface area contributed by atoms with E-state index in [0.717, 1.165) is 5.56 Å². The van der Waals surface area contributed by atoms with Crippen molar-refractivity contribution >= 4 is 17.5 Å². The Labute approximate surface area is 137 Å². The second kappa shape index (κ2) is 6.99. The number of hydrogen-bond donors (Lipinski definition) is 2. The largest absolute Gasteiger partial charge is 0.381 e. The fourth-order valence-corrected chi connectivity index (χ4v) is 2.90. The first-order chi connectivity index (χ1) is 10.4. The molecule has 1 aromatic carbocycles. The van der Waals surface area contributed by atoms with Crippen LogP contribution in [0.25, 0.3) is 0 Å². The van der Waals surface area contributed by atoms with E-state index >= 15 is 0 Å². The molecular weight excluding hydrogens is 300 g/mol. The lowest BCUT2D eigenvalue weighted by atomic mass is 9.78. The predicted molar refractivity (Wildman–Crippen MR) is 89.0 cm³/mol. The first-order valence-electron chi connectivity index (χ1n) is 7.72. The first kappa shape index (κ1) is 17.3. The van der Waals surface area contributed by atoms with Crippen LogP contribution >= 0.6 is 11.6 Å². The third kappa shape index (κ3) is 3.80. The molecule has 0 saturated carbocycles. The van der Waals surface area contributed by atoms with E-state index < -0.39 is 5.41 Å². The summed E-state index contributed by atoms with van der Waals surface area (Å²) >= 11 is 5.93. The summed E-state index contributed by atoms with van der Waals surface area (Å²) in [6.45, 7) is 6.35. The summed E-state index contributed by atoms with van der Waals surface area (Å²) < 4.78 is 5.35. The minimum absolute atomic E-state index is 0.0420. The smallest absolute Gasteiger partial charge is 0.227 e. The van der Waals surface area contributed by atoms with Crippen LogP contribution in [0, 0.1) is 5.41 Å². The summed E-state index contributed by atoms with van der Waals surface area (Å²) in [7, 11) is 0. The number of benzene rings is 1. The number of carbonyl (C=O) groups excluding carboxylic acids is 1. The number of halogens is 1. The molecule has 0 aliphatic carbocycles. The number of rotatable bonds is 5. The molecule has 5 heteroatoms. The van der Waals surface area contributed by atoms with Crippen LogP contribution in [-0.2, 0) is 14.9 Å². The quantitative estimate of drug-likeness (QED) is 0.874. The van der Waals surface area contributed by atoms with Gasteiger partial charge in [-0.3, -0.25) is 4.79 Å². The van der Waals surface area contributed by atoms with E-state index in [2.05, 4.69) is 19.2 Å². The van der Waals surface area contributed by atoms with Gasteiger partial charge in [0.1, 0.15) is 0 Å². The zero-order valence-corrected chi connectivity index (χ0v) is 14.1. The molecular formula is C17H25ClN2O2. The van der Waals surface area contributed by atoms with E-state index in [1.165, 1.54) is 0 Å². The lowest BCUT2D eigenvalue weighted by Crippen LogP contribution is -2.51. The maximum atomic E-state index is 12.6. The van der Waals surface area contributed by atoms with Gasteiger partial charge in [-0.2, -0.15) is 0 Å². The monoisotopic (exact) mass is 324 g/mol.